The number of carbonyl (C=O) groups is 1. The highest BCUT2D eigenvalue weighted by molar-refractivity contribution is 8.16. The number of carbonyl (C=O) groups excluding carboxylic acids is 1. The molecule has 2 aromatic rings. The molecule has 0 unspecified atom stereocenters. The van der Waals surface area contributed by atoms with Crippen LogP contribution in [0, 0.1) is 0 Å². The number of ether oxygens (including phenoxy) is 2. The van der Waals surface area contributed by atoms with Gasteiger partial charge in [0.15, 0.2) is 26.5 Å². The minimum atomic E-state index is -3.20. The molecular weight excluding hydrogens is 471 g/mol. The molecule has 3 heterocycles. The van der Waals surface area contributed by atoms with Gasteiger partial charge in [0.1, 0.15) is 0 Å². The Kier molecular flexibility index (Phi) is 4.89. The minimum absolute atomic E-state index is 0.0120. The van der Waals surface area contributed by atoms with Crippen molar-refractivity contribution in [2.24, 2.45) is 4.99 Å². The van der Waals surface area contributed by atoms with Gasteiger partial charge in [-0.2, -0.15) is 4.99 Å². The number of sulfone groups is 1. The molecule has 0 saturated carbocycles. The fourth-order valence-electron chi connectivity index (χ4n) is 3.73. The molecule has 0 bridgehead atoms. The Morgan fingerprint density at radius 2 is 1.83 bits per heavy atom. The van der Waals surface area contributed by atoms with Gasteiger partial charge >= 0.3 is 0 Å². The molecule has 1 amide bonds. The van der Waals surface area contributed by atoms with Gasteiger partial charge in [-0.15, -0.1) is 0 Å². The summed E-state index contributed by atoms with van der Waals surface area (Å²) < 4.78 is 35.0. The molecule has 0 aromatic heterocycles. The number of thioether (sulfide) groups is 1. The number of benzene rings is 2. The molecule has 3 aliphatic heterocycles. The molecular formula is C19H14Cl2N2O5S2. The van der Waals surface area contributed by atoms with E-state index in [4.69, 9.17) is 32.7 Å². The first-order valence-electron chi connectivity index (χ1n) is 8.95. The second-order valence-electron chi connectivity index (χ2n) is 7.01. The third kappa shape index (κ3) is 3.43. The van der Waals surface area contributed by atoms with Crippen molar-refractivity contribution in [3.05, 3.63) is 52.0 Å². The van der Waals surface area contributed by atoms with Crippen LogP contribution in [0.2, 0.25) is 10.0 Å². The van der Waals surface area contributed by atoms with Crippen LogP contribution in [0.5, 0.6) is 11.5 Å². The first kappa shape index (κ1) is 20.0. The zero-order chi connectivity index (χ0) is 21.0. The largest absolute Gasteiger partial charge is 0.454 e. The lowest BCUT2D eigenvalue weighted by atomic mass is 10.2. The van der Waals surface area contributed by atoms with Gasteiger partial charge in [0, 0.05) is 10.8 Å². The summed E-state index contributed by atoms with van der Waals surface area (Å²) in [5.74, 6) is 0.529. The summed E-state index contributed by atoms with van der Waals surface area (Å²) in [4.78, 5) is 18.9. The van der Waals surface area contributed by atoms with Gasteiger partial charge in [0.2, 0.25) is 6.79 Å². The molecule has 5 rings (SSSR count). The first-order chi connectivity index (χ1) is 14.3. The maximum atomic E-state index is 12.9. The summed E-state index contributed by atoms with van der Waals surface area (Å²) in [6, 6.07) is 9.48. The van der Waals surface area contributed by atoms with Crippen LogP contribution in [0.3, 0.4) is 0 Å². The number of para-hydroxylation sites is 1. The van der Waals surface area contributed by atoms with E-state index in [-0.39, 0.29) is 23.5 Å². The SMILES string of the molecule is O=C(N=C1S[C@H]2CS(=O)(=O)C[C@@H]2N1c1c(Cl)cccc1Cl)c1ccc2c(c1)OCO2. The summed E-state index contributed by atoms with van der Waals surface area (Å²) in [5, 5.41) is 0.829. The highest BCUT2D eigenvalue weighted by atomic mass is 35.5. The van der Waals surface area contributed by atoms with E-state index in [9.17, 15) is 13.2 Å². The van der Waals surface area contributed by atoms with Crippen LogP contribution in [-0.4, -0.2) is 49.1 Å². The molecule has 30 heavy (non-hydrogen) atoms. The van der Waals surface area contributed by atoms with Crippen molar-refractivity contribution in [1.82, 2.24) is 0 Å². The van der Waals surface area contributed by atoms with Crippen molar-refractivity contribution in [2.45, 2.75) is 11.3 Å². The summed E-state index contributed by atoms with van der Waals surface area (Å²) in [6.07, 6.45) is 0. The van der Waals surface area contributed by atoms with E-state index >= 15 is 0 Å². The average Bonchev–Trinajstić information content (AvgIpc) is 3.34. The molecule has 2 aromatic carbocycles. The van der Waals surface area contributed by atoms with Crippen molar-refractivity contribution in [2.75, 3.05) is 23.2 Å². The van der Waals surface area contributed by atoms with Crippen LogP contribution in [0.1, 0.15) is 10.4 Å². The van der Waals surface area contributed by atoms with E-state index in [1.54, 1.807) is 41.3 Å². The summed E-state index contributed by atoms with van der Waals surface area (Å²) in [6.45, 7) is 0.105. The molecule has 2 atom stereocenters. The quantitative estimate of drug-likeness (QED) is 0.642. The lowest BCUT2D eigenvalue weighted by molar-refractivity contribution is 0.100. The number of amides is 1. The van der Waals surface area contributed by atoms with Gasteiger partial charge in [0.25, 0.3) is 5.91 Å². The first-order valence-corrected chi connectivity index (χ1v) is 12.4. The lowest BCUT2D eigenvalue weighted by Gasteiger charge is -2.26. The molecule has 0 spiro atoms. The Morgan fingerprint density at radius 3 is 2.60 bits per heavy atom. The Hall–Kier alpha value is -1.94. The molecule has 0 radical (unpaired) electrons. The number of rotatable bonds is 2. The smallest absolute Gasteiger partial charge is 0.279 e. The molecule has 156 valence electrons. The molecule has 0 N–H and O–H groups in total. The van der Waals surface area contributed by atoms with Crippen molar-refractivity contribution in [3.63, 3.8) is 0 Å². The number of halogens is 2. The monoisotopic (exact) mass is 484 g/mol. The Balaban J connectivity index is 1.55. The van der Waals surface area contributed by atoms with Gasteiger partial charge in [-0.3, -0.25) is 4.79 Å². The van der Waals surface area contributed by atoms with E-state index in [0.29, 0.717) is 38.0 Å². The normalized spacial score (nSPS) is 25.0. The predicted molar refractivity (Wildman–Crippen MR) is 117 cm³/mol. The van der Waals surface area contributed by atoms with Gasteiger partial charge in [0.05, 0.1) is 33.3 Å². The van der Waals surface area contributed by atoms with E-state index in [1.807, 2.05) is 0 Å². The molecule has 3 aliphatic rings. The Labute approximate surface area is 186 Å². The van der Waals surface area contributed by atoms with E-state index < -0.39 is 21.8 Å². The van der Waals surface area contributed by atoms with Crippen molar-refractivity contribution in [3.8, 4) is 11.5 Å². The fraction of sp³-hybridized carbons (Fsp3) is 0.263. The summed E-state index contributed by atoms with van der Waals surface area (Å²) in [5.41, 5.74) is 0.789. The number of hydrogen-bond donors (Lipinski definition) is 0. The summed E-state index contributed by atoms with van der Waals surface area (Å²) in [7, 11) is -3.20. The van der Waals surface area contributed by atoms with Gasteiger partial charge in [-0.25, -0.2) is 8.42 Å². The standard InChI is InChI=1S/C19H14Cl2N2O5S2/c20-11-2-1-3-12(21)17(11)23-13-7-30(25,26)8-16(13)29-19(23)22-18(24)10-4-5-14-15(6-10)28-9-27-14/h1-6,13,16H,7-9H2/t13-,16-/m0/s1. The van der Waals surface area contributed by atoms with Crippen LogP contribution in [0.15, 0.2) is 41.4 Å². The second-order valence-corrected chi connectivity index (χ2v) is 11.2. The van der Waals surface area contributed by atoms with Crippen LogP contribution in [0.25, 0.3) is 0 Å². The average molecular weight is 485 g/mol. The highest BCUT2D eigenvalue weighted by Crippen LogP contribution is 2.45. The fourth-order valence-corrected chi connectivity index (χ4v) is 8.20. The van der Waals surface area contributed by atoms with Crippen molar-refractivity contribution >= 4 is 61.6 Å². The number of hydrogen-bond acceptors (Lipinski definition) is 6. The van der Waals surface area contributed by atoms with Crippen molar-refractivity contribution < 1.29 is 22.7 Å². The van der Waals surface area contributed by atoms with Gasteiger partial charge < -0.3 is 14.4 Å². The number of aliphatic imine (C=N–C) groups is 1. The van der Waals surface area contributed by atoms with Gasteiger partial charge in [-0.1, -0.05) is 41.0 Å². The molecule has 11 heteroatoms. The molecule has 0 aliphatic carbocycles. The number of nitrogens with zero attached hydrogens (tertiary/aromatic N) is 2. The van der Waals surface area contributed by atoms with Gasteiger partial charge in [-0.05, 0) is 30.3 Å². The molecule has 7 nitrogen and oxygen atoms in total. The third-order valence-electron chi connectivity index (χ3n) is 5.06. The van der Waals surface area contributed by atoms with E-state index in [1.165, 1.54) is 11.8 Å². The second kappa shape index (κ2) is 7.33. The number of anilines is 1. The predicted octanol–water partition coefficient (Wildman–Crippen LogP) is 3.64. The number of amidine groups is 1. The zero-order valence-electron chi connectivity index (χ0n) is 15.2. The van der Waals surface area contributed by atoms with Crippen LogP contribution >= 0.6 is 35.0 Å². The Bertz CT molecular complexity index is 1180. The maximum Gasteiger partial charge on any atom is 0.279 e. The van der Waals surface area contributed by atoms with Crippen LogP contribution in [-0.2, 0) is 9.84 Å². The zero-order valence-corrected chi connectivity index (χ0v) is 18.4. The number of fused-ring (bicyclic) bond motifs is 2. The molecule has 2 saturated heterocycles. The maximum absolute atomic E-state index is 12.9. The van der Waals surface area contributed by atoms with Crippen molar-refractivity contribution in [1.29, 1.82) is 0 Å². The third-order valence-corrected chi connectivity index (χ3v) is 8.88. The lowest BCUT2D eigenvalue weighted by Crippen LogP contribution is -2.38. The molecule has 2 fully saturated rings. The Morgan fingerprint density at radius 1 is 1.10 bits per heavy atom. The minimum Gasteiger partial charge on any atom is -0.454 e. The van der Waals surface area contributed by atoms with Crippen LogP contribution < -0.4 is 14.4 Å². The van der Waals surface area contributed by atoms with E-state index in [2.05, 4.69) is 4.99 Å². The van der Waals surface area contributed by atoms with E-state index in [0.717, 1.165) is 0 Å². The highest BCUT2D eigenvalue weighted by Gasteiger charge is 2.50. The van der Waals surface area contributed by atoms with Crippen LogP contribution in [0.4, 0.5) is 5.69 Å². The summed E-state index contributed by atoms with van der Waals surface area (Å²) >= 11 is 14.1. The topological polar surface area (TPSA) is 85.3 Å².